The zero-order chi connectivity index (χ0) is 23.2. The van der Waals surface area contributed by atoms with Crippen LogP contribution in [0.5, 0.6) is 0 Å². The first-order chi connectivity index (χ1) is 16.0. The normalized spacial score (nSPS) is 17.4. The molecular formula is C26H35Cl2F2N5. The van der Waals surface area contributed by atoms with E-state index in [1.165, 1.54) is 25.0 Å². The number of anilines is 2. The van der Waals surface area contributed by atoms with Crippen LogP contribution in [0.2, 0.25) is 0 Å². The molecule has 1 heterocycles. The zero-order valence-corrected chi connectivity index (χ0v) is 21.9. The summed E-state index contributed by atoms with van der Waals surface area (Å²) in [5.74, 6) is 0.756. The summed E-state index contributed by atoms with van der Waals surface area (Å²) >= 11 is 0. The van der Waals surface area contributed by atoms with Gasteiger partial charge in [0.2, 0.25) is 5.95 Å². The number of aryl methyl sites for hydroxylation is 1. The minimum atomic E-state index is -0.785. The first kappa shape index (κ1) is 29.0. The molecule has 0 aliphatic heterocycles. The molecule has 3 aromatic rings. The van der Waals surface area contributed by atoms with Crippen molar-refractivity contribution in [3.05, 3.63) is 59.7 Å². The molecule has 192 valence electrons. The van der Waals surface area contributed by atoms with Gasteiger partial charge >= 0.3 is 0 Å². The number of nitrogens with zero attached hydrogens (tertiary/aromatic N) is 3. The summed E-state index contributed by atoms with van der Waals surface area (Å²) < 4.78 is 26.3. The molecule has 0 spiro atoms. The van der Waals surface area contributed by atoms with Crippen LogP contribution in [0.3, 0.4) is 0 Å². The van der Waals surface area contributed by atoms with Crippen molar-refractivity contribution in [2.24, 2.45) is 5.92 Å². The van der Waals surface area contributed by atoms with E-state index in [4.69, 9.17) is 9.97 Å². The minimum Gasteiger partial charge on any atom is -0.362 e. The molecule has 0 amide bonds. The first-order valence-electron chi connectivity index (χ1n) is 11.8. The van der Waals surface area contributed by atoms with Crippen molar-refractivity contribution in [2.75, 3.05) is 37.4 Å². The van der Waals surface area contributed by atoms with Crippen LogP contribution in [0, 0.1) is 17.6 Å². The van der Waals surface area contributed by atoms with E-state index in [0.717, 1.165) is 61.1 Å². The minimum absolute atomic E-state index is 0. The van der Waals surface area contributed by atoms with Crippen molar-refractivity contribution in [1.29, 1.82) is 0 Å². The SMILES string of the molecule is CN(C)c1nc(NC2CCC(CNCCCc3ccc(F)c(F)c3)CC2)nc2ccccc12.Cl.Cl. The Balaban J connectivity index is 0.00000216. The molecule has 0 saturated heterocycles. The van der Waals surface area contributed by atoms with Crippen molar-refractivity contribution in [3.8, 4) is 0 Å². The van der Waals surface area contributed by atoms with Gasteiger partial charge < -0.3 is 15.5 Å². The highest BCUT2D eigenvalue weighted by atomic mass is 35.5. The third-order valence-electron chi connectivity index (χ3n) is 6.42. The van der Waals surface area contributed by atoms with E-state index >= 15 is 0 Å². The second kappa shape index (κ2) is 13.8. The van der Waals surface area contributed by atoms with Gasteiger partial charge in [-0.1, -0.05) is 18.2 Å². The second-order valence-corrected chi connectivity index (χ2v) is 9.20. The predicted molar refractivity (Wildman–Crippen MR) is 145 cm³/mol. The Bertz CT molecular complexity index is 1070. The van der Waals surface area contributed by atoms with Gasteiger partial charge in [0.15, 0.2) is 11.6 Å². The summed E-state index contributed by atoms with van der Waals surface area (Å²) in [6.45, 7) is 1.89. The highest BCUT2D eigenvalue weighted by molar-refractivity contribution is 5.90. The van der Waals surface area contributed by atoms with Crippen LogP contribution in [0.1, 0.15) is 37.7 Å². The molecule has 1 aliphatic carbocycles. The summed E-state index contributed by atoms with van der Waals surface area (Å²) in [6.07, 6.45) is 6.21. The van der Waals surface area contributed by atoms with Crippen LogP contribution in [0.15, 0.2) is 42.5 Å². The van der Waals surface area contributed by atoms with Gasteiger partial charge in [0.1, 0.15) is 5.82 Å². The Morgan fingerprint density at radius 2 is 1.69 bits per heavy atom. The van der Waals surface area contributed by atoms with Crippen molar-refractivity contribution in [3.63, 3.8) is 0 Å². The standard InChI is InChI=1S/C26H33F2N5.2ClH/c1-33(2)25-21-7-3-4-8-24(21)31-26(32-25)30-20-12-9-19(10-13-20)17-29-15-5-6-18-11-14-22(27)23(28)16-18;;/h3-4,7-8,11,14,16,19-20,29H,5-6,9-10,12-13,15,17H2,1-2H3,(H,30,31,32);2*1H. The van der Waals surface area contributed by atoms with Crippen molar-refractivity contribution >= 4 is 47.5 Å². The zero-order valence-electron chi connectivity index (χ0n) is 20.3. The number of para-hydroxylation sites is 1. The summed E-state index contributed by atoms with van der Waals surface area (Å²) in [6, 6.07) is 12.7. The van der Waals surface area contributed by atoms with Crippen molar-refractivity contribution in [1.82, 2.24) is 15.3 Å². The summed E-state index contributed by atoms with van der Waals surface area (Å²) in [4.78, 5) is 11.5. The second-order valence-electron chi connectivity index (χ2n) is 9.20. The monoisotopic (exact) mass is 525 g/mol. The Kier molecular flexibility index (Phi) is 11.4. The van der Waals surface area contributed by atoms with Gasteiger partial charge in [-0.15, -0.1) is 24.8 Å². The summed E-state index contributed by atoms with van der Waals surface area (Å²) in [5.41, 5.74) is 1.80. The number of rotatable bonds is 9. The summed E-state index contributed by atoms with van der Waals surface area (Å²) in [7, 11) is 4.02. The number of halogens is 4. The van der Waals surface area contributed by atoms with Crippen molar-refractivity contribution in [2.45, 2.75) is 44.6 Å². The Hall–Kier alpha value is -2.22. The molecule has 1 saturated carbocycles. The molecule has 0 atom stereocenters. The van der Waals surface area contributed by atoms with Crippen LogP contribution in [0.4, 0.5) is 20.5 Å². The van der Waals surface area contributed by atoms with Crippen LogP contribution < -0.4 is 15.5 Å². The number of hydrogen-bond donors (Lipinski definition) is 2. The molecule has 2 N–H and O–H groups in total. The van der Waals surface area contributed by atoms with Gasteiger partial charge in [0, 0.05) is 25.5 Å². The fourth-order valence-electron chi connectivity index (χ4n) is 4.58. The van der Waals surface area contributed by atoms with E-state index in [9.17, 15) is 8.78 Å². The van der Waals surface area contributed by atoms with Gasteiger partial charge in [-0.25, -0.2) is 13.8 Å². The summed E-state index contributed by atoms with van der Waals surface area (Å²) in [5, 5.41) is 8.17. The number of benzene rings is 2. The molecule has 1 aromatic heterocycles. The van der Waals surface area contributed by atoms with Crippen LogP contribution in [0.25, 0.3) is 10.9 Å². The maximum atomic E-state index is 13.3. The van der Waals surface area contributed by atoms with E-state index < -0.39 is 11.6 Å². The third kappa shape index (κ3) is 7.89. The highest BCUT2D eigenvalue weighted by Gasteiger charge is 2.22. The van der Waals surface area contributed by atoms with Gasteiger partial charge in [-0.05, 0) is 87.4 Å². The lowest BCUT2D eigenvalue weighted by Gasteiger charge is -2.29. The average molecular weight is 527 g/mol. The lowest BCUT2D eigenvalue weighted by atomic mass is 9.86. The molecule has 0 radical (unpaired) electrons. The van der Waals surface area contributed by atoms with Crippen LogP contribution in [-0.4, -0.2) is 43.2 Å². The maximum Gasteiger partial charge on any atom is 0.225 e. The molecule has 1 fully saturated rings. The van der Waals surface area contributed by atoms with E-state index in [1.807, 2.05) is 37.2 Å². The van der Waals surface area contributed by atoms with Gasteiger partial charge in [0.25, 0.3) is 0 Å². The van der Waals surface area contributed by atoms with E-state index in [0.29, 0.717) is 17.9 Å². The predicted octanol–water partition coefficient (Wildman–Crippen LogP) is 6.01. The Morgan fingerprint density at radius 3 is 2.40 bits per heavy atom. The lowest BCUT2D eigenvalue weighted by Crippen LogP contribution is -2.32. The average Bonchev–Trinajstić information content (AvgIpc) is 2.81. The third-order valence-corrected chi connectivity index (χ3v) is 6.42. The number of hydrogen-bond acceptors (Lipinski definition) is 5. The van der Waals surface area contributed by atoms with E-state index in [2.05, 4.69) is 16.7 Å². The van der Waals surface area contributed by atoms with Gasteiger partial charge in [0.05, 0.1) is 5.52 Å². The highest BCUT2D eigenvalue weighted by Crippen LogP contribution is 2.28. The van der Waals surface area contributed by atoms with Crippen LogP contribution in [-0.2, 0) is 6.42 Å². The Morgan fingerprint density at radius 1 is 0.943 bits per heavy atom. The fraction of sp³-hybridized carbons (Fsp3) is 0.462. The largest absolute Gasteiger partial charge is 0.362 e. The molecule has 5 nitrogen and oxygen atoms in total. The van der Waals surface area contributed by atoms with Crippen molar-refractivity contribution < 1.29 is 8.78 Å². The maximum absolute atomic E-state index is 13.3. The first-order valence-corrected chi connectivity index (χ1v) is 11.8. The topological polar surface area (TPSA) is 53.1 Å². The molecular weight excluding hydrogens is 491 g/mol. The lowest BCUT2D eigenvalue weighted by molar-refractivity contribution is 0.324. The van der Waals surface area contributed by atoms with E-state index in [-0.39, 0.29) is 24.8 Å². The molecule has 1 aliphatic rings. The van der Waals surface area contributed by atoms with Gasteiger partial charge in [-0.2, -0.15) is 4.98 Å². The van der Waals surface area contributed by atoms with E-state index in [1.54, 1.807) is 6.07 Å². The number of aromatic nitrogens is 2. The number of fused-ring (bicyclic) bond motifs is 1. The molecule has 9 heteroatoms. The molecule has 0 unspecified atom stereocenters. The smallest absolute Gasteiger partial charge is 0.225 e. The van der Waals surface area contributed by atoms with Gasteiger partial charge in [-0.3, -0.25) is 0 Å². The Labute approximate surface area is 218 Å². The number of nitrogens with one attached hydrogen (secondary N) is 2. The molecule has 35 heavy (non-hydrogen) atoms. The molecule has 4 rings (SSSR count). The fourth-order valence-corrected chi connectivity index (χ4v) is 4.58. The van der Waals surface area contributed by atoms with Crippen LogP contribution >= 0.6 is 24.8 Å². The quantitative estimate of drug-likeness (QED) is 0.335. The molecule has 0 bridgehead atoms. The molecule has 2 aromatic carbocycles.